The summed E-state index contributed by atoms with van der Waals surface area (Å²) < 4.78 is 0. The third-order valence-corrected chi connectivity index (χ3v) is 3.52. The van der Waals surface area contributed by atoms with Gasteiger partial charge in [-0.15, -0.1) is 0 Å². The summed E-state index contributed by atoms with van der Waals surface area (Å²) in [4.78, 5) is 30.2. The third kappa shape index (κ3) is 3.12. The molecule has 1 heterocycles. The van der Waals surface area contributed by atoms with Gasteiger partial charge >= 0.3 is 11.9 Å². The molecule has 0 atom stereocenters. The van der Waals surface area contributed by atoms with Gasteiger partial charge in [-0.05, 0) is 30.3 Å². The maximum atomic E-state index is 10.9. The second kappa shape index (κ2) is 6.29. The highest BCUT2D eigenvalue weighted by Crippen LogP contribution is 2.23. The highest BCUT2D eigenvalue weighted by molar-refractivity contribution is 5.89. The van der Waals surface area contributed by atoms with Crippen molar-refractivity contribution in [2.24, 2.45) is 0 Å². The molecule has 0 aliphatic carbocycles. The number of nitrogens with zero attached hydrogens (tertiary/aromatic N) is 2. The first-order valence-electron chi connectivity index (χ1n) is 7.04. The number of aromatic carboxylic acids is 2. The van der Waals surface area contributed by atoms with Gasteiger partial charge in [0.15, 0.2) is 0 Å². The molecule has 2 aromatic carbocycles. The van der Waals surface area contributed by atoms with Gasteiger partial charge in [0.2, 0.25) is 0 Å². The van der Waals surface area contributed by atoms with Gasteiger partial charge in [0.25, 0.3) is 0 Å². The maximum Gasteiger partial charge on any atom is 0.335 e. The van der Waals surface area contributed by atoms with Gasteiger partial charge in [0, 0.05) is 11.1 Å². The second-order valence-corrected chi connectivity index (χ2v) is 5.05. The Morgan fingerprint density at radius 3 is 1.38 bits per heavy atom. The summed E-state index contributed by atoms with van der Waals surface area (Å²) in [7, 11) is 0. The molecule has 0 aliphatic heterocycles. The van der Waals surface area contributed by atoms with Crippen LogP contribution >= 0.6 is 0 Å². The first-order valence-corrected chi connectivity index (χ1v) is 7.04. The zero-order valence-corrected chi connectivity index (χ0v) is 12.4. The number of hydrogen-bond donors (Lipinski definition) is 2. The van der Waals surface area contributed by atoms with Crippen molar-refractivity contribution in [2.75, 3.05) is 0 Å². The Hall–Kier alpha value is -3.54. The van der Waals surface area contributed by atoms with E-state index in [4.69, 9.17) is 10.2 Å². The van der Waals surface area contributed by atoms with Crippen molar-refractivity contribution in [3.05, 3.63) is 72.1 Å². The van der Waals surface area contributed by atoms with Gasteiger partial charge in [0.1, 0.15) is 6.33 Å². The topological polar surface area (TPSA) is 100 Å². The van der Waals surface area contributed by atoms with Crippen LogP contribution in [-0.2, 0) is 0 Å². The average molecular weight is 320 g/mol. The van der Waals surface area contributed by atoms with Crippen molar-refractivity contribution in [2.45, 2.75) is 0 Å². The summed E-state index contributed by atoms with van der Waals surface area (Å²) in [6.45, 7) is 0. The molecule has 3 aromatic rings. The Balaban J connectivity index is 1.94. The highest BCUT2D eigenvalue weighted by atomic mass is 16.4. The fourth-order valence-electron chi connectivity index (χ4n) is 2.24. The lowest BCUT2D eigenvalue weighted by Gasteiger charge is -2.05. The van der Waals surface area contributed by atoms with Crippen LogP contribution in [0.1, 0.15) is 20.7 Å². The van der Waals surface area contributed by atoms with Crippen LogP contribution in [0.25, 0.3) is 22.5 Å². The number of rotatable bonds is 4. The van der Waals surface area contributed by atoms with E-state index in [2.05, 4.69) is 9.97 Å². The summed E-state index contributed by atoms with van der Waals surface area (Å²) in [5.74, 6) is -1.97. The van der Waals surface area contributed by atoms with Gasteiger partial charge in [-0.25, -0.2) is 19.6 Å². The van der Waals surface area contributed by atoms with Crippen LogP contribution < -0.4 is 0 Å². The quantitative estimate of drug-likeness (QED) is 0.765. The highest BCUT2D eigenvalue weighted by Gasteiger charge is 2.08. The van der Waals surface area contributed by atoms with Crippen molar-refractivity contribution < 1.29 is 19.8 Å². The van der Waals surface area contributed by atoms with E-state index < -0.39 is 11.9 Å². The molecule has 0 amide bonds. The van der Waals surface area contributed by atoms with E-state index in [9.17, 15) is 9.59 Å². The number of aromatic nitrogens is 2. The van der Waals surface area contributed by atoms with Gasteiger partial charge < -0.3 is 10.2 Å². The number of hydrogen-bond acceptors (Lipinski definition) is 4. The van der Waals surface area contributed by atoms with E-state index in [1.165, 1.54) is 30.6 Å². The Bertz CT molecular complexity index is 830. The molecule has 24 heavy (non-hydrogen) atoms. The van der Waals surface area contributed by atoms with Gasteiger partial charge in [0.05, 0.1) is 22.5 Å². The van der Waals surface area contributed by atoms with Crippen molar-refractivity contribution in [3.63, 3.8) is 0 Å². The van der Waals surface area contributed by atoms with Gasteiger partial charge in [-0.2, -0.15) is 0 Å². The number of carboxylic acids is 2. The van der Waals surface area contributed by atoms with E-state index in [-0.39, 0.29) is 11.1 Å². The van der Waals surface area contributed by atoms with E-state index in [1.807, 2.05) is 0 Å². The van der Waals surface area contributed by atoms with Crippen LogP contribution in [0.15, 0.2) is 60.9 Å². The van der Waals surface area contributed by atoms with Crippen LogP contribution in [-0.4, -0.2) is 32.1 Å². The minimum absolute atomic E-state index is 0.206. The molecule has 6 nitrogen and oxygen atoms in total. The maximum absolute atomic E-state index is 10.9. The second-order valence-electron chi connectivity index (χ2n) is 5.05. The van der Waals surface area contributed by atoms with E-state index >= 15 is 0 Å². The molecule has 0 bridgehead atoms. The Labute approximate surface area is 137 Å². The van der Waals surface area contributed by atoms with Crippen LogP contribution in [0.5, 0.6) is 0 Å². The van der Waals surface area contributed by atoms with E-state index in [0.29, 0.717) is 11.4 Å². The van der Waals surface area contributed by atoms with E-state index in [1.54, 1.807) is 30.3 Å². The smallest absolute Gasteiger partial charge is 0.335 e. The average Bonchev–Trinajstić information content (AvgIpc) is 2.62. The third-order valence-electron chi connectivity index (χ3n) is 3.52. The standard InChI is InChI=1S/C18H12N2O4/c21-17(22)13-5-1-11(2-6-13)15-9-16(20-10-19-15)12-3-7-14(8-4-12)18(23)24/h1-10H,(H,21,22)(H,23,24). The number of carbonyl (C=O) groups is 2. The molecular formula is C18H12N2O4. The fraction of sp³-hybridized carbons (Fsp3) is 0. The number of carboxylic acid groups (broad SMARTS) is 2. The van der Waals surface area contributed by atoms with Crippen molar-refractivity contribution in [3.8, 4) is 22.5 Å². The normalized spacial score (nSPS) is 10.3. The predicted molar refractivity (Wildman–Crippen MR) is 86.8 cm³/mol. The monoisotopic (exact) mass is 320 g/mol. The summed E-state index contributed by atoms with van der Waals surface area (Å²) in [5.41, 5.74) is 3.25. The Kier molecular flexibility index (Phi) is 4.03. The predicted octanol–water partition coefficient (Wildman–Crippen LogP) is 3.21. The molecule has 0 fully saturated rings. The lowest BCUT2D eigenvalue weighted by Crippen LogP contribution is -1.96. The van der Waals surface area contributed by atoms with Gasteiger partial charge in [-0.1, -0.05) is 24.3 Å². The molecule has 0 spiro atoms. The lowest BCUT2D eigenvalue weighted by molar-refractivity contribution is 0.0686. The lowest BCUT2D eigenvalue weighted by atomic mass is 10.1. The molecular weight excluding hydrogens is 308 g/mol. The van der Waals surface area contributed by atoms with Crippen molar-refractivity contribution in [1.82, 2.24) is 9.97 Å². The summed E-state index contributed by atoms with van der Waals surface area (Å²) in [5, 5.41) is 17.9. The zero-order chi connectivity index (χ0) is 17.1. The molecule has 0 aliphatic rings. The van der Waals surface area contributed by atoms with Gasteiger partial charge in [-0.3, -0.25) is 0 Å². The van der Waals surface area contributed by atoms with Crippen molar-refractivity contribution >= 4 is 11.9 Å². The molecule has 118 valence electrons. The zero-order valence-electron chi connectivity index (χ0n) is 12.4. The van der Waals surface area contributed by atoms with E-state index in [0.717, 1.165) is 11.1 Å². The van der Waals surface area contributed by atoms with Crippen LogP contribution in [0.2, 0.25) is 0 Å². The summed E-state index contributed by atoms with van der Waals surface area (Å²) >= 11 is 0. The molecule has 3 rings (SSSR count). The summed E-state index contributed by atoms with van der Waals surface area (Å²) in [6.07, 6.45) is 1.42. The first kappa shape index (κ1) is 15.4. The van der Waals surface area contributed by atoms with Crippen LogP contribution in [0, 0.1) is 0 Å². The SMILES string of the molecule is O=C(O)c1ccc(-c2cc(-c3ccc(C(=O)O)cc3)ncn2)cc1. The first-order chi connectivity index (χ1) is 11.5. The molecule has 0 saturated carbocycles. The Morgan fingerprint density at radius 2 is 1.04 bits per heavy atom. The molecule has 0 radical (unpaired) electrons. The van der Waals surface area contributed by atoms with Crippen LogP contribution in [0.3, 0.4) is 0 Å². The fourth-order valence-corrected chi connectivity index (χ4v) is 2.24. The van der Waals surface area contributed by atoms with Crippen molar-refractivity contribution in [1.29, 1.82) is 0 Å². The minimum Gasteiger partial charge on any atom is -0.478 e. The Morgan fingerprint density at radius 1 is 0.667 bits per heavy atom. The molecule has 1 aromatic heterocycles. The largest absolute Gasteiger partial charge is 0.478 e. The number of benzene rings is 2. The summed E-state index contributed by atoms with van der Waals surface area (Å²) in [6, 6.07) is 14.6. The van der Waals surface area contributed by atoms with Crippen LogP contribution in [0.4, 0.5) is 0 Å². The molecule has 6 heteroatoms. The minimum atomic E-state index is -0.983. The molecule has 0 unspecified atom stereocenters. The molecule has 2 N–H and O–H groups in total. The molecule has 0 saturated heterocycles.